The van der Waals surface area contributed by atoms with Crippen molar-refractivity contribution < 1.29 is 27.8 Å². The Morgan fingerprint density at radius 2 is 1.75 bits per heavy atom. The van der Waals surface area contributed by atoms with Gasteiger partial charge >= 0.3 is 12.6 Å². The van der Waals surface area contributed by atoms with Crippen molar-refractivity contribution in [2.45, 2.75) is 13.0 Å². The lowest BCUT2D eigenvalue weighted by Crippen LogP contribution is -2.17. The molecule has 7 heteroatoms. The van der Waals surface area contributed by atoms with Crippen LogP contribution >= 0.6 is 0 Å². The zero-order chi connectivity index (χ0) is 17.5. The van der Waals surface area contributed by atoms with Gasteiger partial charge in [-0.3, -0.25) is 4.79 Å². The van der Waals surface area contributed by atoms with E-state index in [1.165, 1.54) is 37.4 Å². The molecule has 0 heterocycles. The van der Waals surface area contributed by atoms with E-state index in [9.17, 15) is 18.4 Å². The molecule has 2 aromatic rings. The van der Waals surface area contributed by atoms with Crippen LogP contribution in [0.5, 0.6) is 5.75 Å². The number of benzene rings is 2. The minimum atomic E-state index is -2.89. The first-order chi connectivity index (χ1) is 11.5. The zero-order valence-electron chi connectivity index (χ0n) is 12.8. The molecule has 0 spiro atoms. The third kappa shape index (κ3) is 4.77. The minimum absolute atomic E-state index is 0.0183. The molecule has 0 fully saturated rings. The highest BCUT2D eigenvalue weighted by molar-refractivity contribution is 6.01. The van der Waals surface area contributed by atoms with E-state index in [1.54, 1.807) is 18.2 Å². The highest BCUT2D eigenvalue weighted by Gasteiger charge is 2.13. The molecule has 0 unspecified atom stereocenters. The SMILES string of the molecule is COC(=O)c1ccccc1NC(=O)Cc1ccc(OC(F)F)cc1. The number of halogens is 2. The number of nitrogens with one attached hydrogen (secondary N) is 1. The molecule has 126 valence electrons. The molecule has 0 aromatic heterocycles. The van der Waals surface area contributed by atoms with Crippen LogP contribution in [-0.4, -0.2) is 25.6 Å². The van der Waals surface area contributed by atoms with Crippen molar-refractivity contribution in [3.63, 3.8) is 0 Å². The van der Waals surface area contributed by atoms with Gasteiger partial charge in [0.15, 0.2) is 0 Å². The molecule has 2 aromatic carbocycles. The summed E-state index contributed by atoms with van der Waals surface area (Å²) >= 11 is 0. The Bertz CT molecular complexity index is 717. The molecule has 1 N–H and O–H groups in total. The van der Waals surface area contributed by atoms with Crippen LogP contribution < -0.4 is 10.1 Å². The minimum Gasteiger partial charge on any atom is -0.465 e. The number of carbonyl (C=O) groups is 2. The zero-order valence-corrected chi connectivity index (χ0v) is 12.8. The summed E-state index contributed by atoms with van der Waals surface area (Å²) in [5.74, 6) is -0.890. The molecule has 0 aliphatic carbocycles. The van der Waals surface area contributed by atoms with Crippen molar-refractivity contribution in [2.24, 2.45) is 0 Å². The predicted octanol–water partition coefficient (Wildman–Crippen LogP) is 3.26. The monoisotopic (exact) mass is 335 g/mol. The second-order valence-corrected chi connectivity index (χ2v) is 4.78. The second kappa shape index (κ2) is 8.05. The second-order valence-electron chi connectivity index (χ2n) is 4.78. The summed E-state index contributed by atoms with van der Waals surface area (Å²) in [6, 6.07) is 12.2. The normalized spacial score (nSPS) is 10.3. The summed E-state index contributed by atoms with van der Waals surface area (Å²) in [5.41, 5.74) is 1.20. The van der Waals surface area contributed by atoms with Crippen molar-refractivity contribution in [2.75, 3.05) is 12.4 Å². The summed E-state index contributed by atoms with van der Waals surface area (Å²) in [6.07, 6.45) is 0.0183. The predicted molar refractivity (Wildman–Crippen MR) is 83.2 cm³/mol. The fourth-order valence-electron chi connectivity index (χ4n) is 2.05. The molecule has 0 radical (unpaired) electrons. The molecule has 0 aliphatic rings. The van der Waals surface area contributed by atoms with Crippen LogP contribution in [0.4, 0.5) is 14.5 Å². The Balaban J connectivity index is 2.02. The number of hydrogen-bond acceptors (Lipinski definition) is 4. The summed E-state index contributed by atoms with van der Waals surface area (Å²) in [7, 11) is 1.25. The molecule has 1 amide bonds. The largest absolute Gasteiger partial charge is 0.465 e. The average molecular weight is 335 g/mol. The number of ether oxygens (including phenoxy) is 2. The van der Waals surface area contributed by atoms with Crippen molar-refractivity contribution in [1.29, 1.82) is 0 Å². The average Bonchev–Trinajstić information content (AvgIpc) is 2.56. The molecule has 0 aliphatic heterocycles. The molecule has 2 rings (SSSR count). The standard InChI is InChI=1S/C17H15F2NO4/c1-23-16(22)13-4-2-3-5-14(13)20-15(21)10-11-6-8-12(9-7-11)24-17(18)19/h2-9,17H,10H2,1H3,(H,20,21). The fourth-order valence-corrected chi connectivity index (χ4v) is 2.05. The lowest BCUT2D eigenvalue weighted by molar-refractivity contribution is -0.115. The van der Waals surface area contributed by atoms with Crippen molar-refractivity contribution in [1.82, 2.24) is 0 Å². The summed E-state index contributed by atoms with van der Waals surface area (Å²) < 4.78 is 33.1. The van der Waals surface area contributed by atoms with Crippen LogP contribution in [0.1, 0.15) is 15.9 Å². The third-order valence-corrected chi connectivity index (χ3v) is 3.12. The third-order valence-electron chi connectivity index (χ3n) is 3.12. The van der Waals surface area contributed by atoms with Crippen LogP contribution in [0.3, 0.4) is 0 Å². The first kappa shape index (κ1) is 17.4. The van der Waals surface area contributed by atoms with E-state index in [0.717, 1.165) is 0 Å². The van der Waals surface area contributed by atoms with Gasteiger partial charge in [0.25, 0.3) is 0 Å². The van der Waals surface area contributed by atoms with Crippen molar-refractivity contribution >= 4 is 17.6 Å². The fraction of sp³-hybridized carbons (Fsp3) is 0.176. The van der Waals surface area contributed by atoms with Gasteiger partial charge in [-0.2, -0.15) is 8.78 Å². The van der Waals surface area contributed by atoms with Crippen LogP contribution in [0, 0.1) is 0 Å². The van der Waals surface area contributed by atoms with E-state index >= 15 is 0 Å². The van der Waals surface area contributed by atoms with E-state index in [-0.39, 0.29) is 23.6 Å². The van der Waals surface area contributed by atoms with E-state index in [0.29, 0.717) is 11.3 Å². The topological polar surface area (TPSA) is 64.6 Å². The quantitative estimate of drug-likeness (QED) is 0.823. The molecule has 0 saturated carbocycles. The van der Waals surface area contributed by atoms with Gasteiger partial charge in [-0.25, -0.2) is 4.79 Å². The van der Waals surface area contributed by atoms with Crippen molar-refractivity contribution in [3.8, 4) is 5.75 Å². The molecular weight excluding hydrogens is 320 g/mol. The Labute approximate surface area is 137 Å². The highest BCUT2D eigenvalue weighted by atomic mass is 19.3. The van der Waals surface area contributed by atoms with Gasteiger partial charge in [0, 0.05) is 0 Å². The number of anilines is 1. The van der Waals surface area contributed by atoms with Crippen LogP contribution in [0.15, 0.2) is 48.5 Å². The van der Waals surface area contributed by atoms with Crippen LogP contribution in [0.25, 0.3) is 0 Å². The van der Waals surface area contributed by atoms with E-state index in [4.69, 9.17) is 0 Å². The lowest BCUT2D eigenvalue weighted by atomic mass is 10.1. The lowest BCUT2D eigenvalue weighted by Gasteiger charge is -2.10. The number of esters is 1. The van der Waals surface area contributed by atoms with Gasteiger partial charge in [-0.15, -0.1) is 0 Å². The molecule has 24 heavy (non-hydrogen) atoms. The maximum absolute atomic E-state index is 12.1. The summed E-state index contributed by atoms with van der Waals surface area (Å²) in [4.78, 5) is 23.7. The Kier molecular flexibility index (Phi) is 5.83. The van der Waals surface area contributed by atoms with Gasteiger partial charge < -0.3 is 14.8 Å². The van der Waals surface area contributed by atoms with Gasteiger partial charge in [0.05, 0.1) is 24.8 Å². The Morgan fingerprint density at radius 3 is 2.38 bits per heavy atom. The molecule has 0 saturated heterocycles. The number of amides is 1. The maximum Gasteiger partial charge on any atom is 0.387 e. The molecule has 5 nitrogen and oxygen atoms in total. The Morgan fingerprint density at radius 1 is 1.08 bits per heavy atom. The number of carbonyl (C=O) groups excluding carboxylic acids is 2. The van der Waals surface area contributed by atoms with Gasteiger partial charge in [0.1, 0.15) is 5.75 Å². The van der Waals surface area contributed by atoms with E-state index in [1.807, 2.05) is 0 Å². The van der Waals surface area contributed by atoms with Crippen LogP contribution in [-0.2, 0) is 16.0 Å². The first-order valence-electron chi connectivity index (χ1n) is 7.00. The molecule has 0 bridgehead atoms. The van der Waals surface area contributed by atoms with Crippen LogP contribution in [0.2, 0.25) is 0 Å². The van der Waals surface area contributed by atoms with Gasteiger partial charge in [0.2, 0.25) is 5.91 Å². The first-order valence-corrected chi connectivity index (χ1v) is 7.00. The smallest absolute Gasteiger partial charge is 0.387 e. The van der Waals surface area contributed by atoms with E-state index in [2.05, 4.69) is 14.8 Å². The number of rotatable bonds is 6. The highest BCUT2D eigenvalue weighted by Crippen LogP contribution is 2.18. The van der Waals surface area contributed by atoms with E-state index < -0.39 is 12.6 Å². The Hall–Kier alpha value is -2.96. The molecule has 0 atom stereocenters. The maximum atomic E-state index is 12.1. The number of alkyl halides is 2. The summed E-state index contributed by atoms with van der Waals surface area (Å²) in [5, 5.41) is 2.63. The number of para-hydroxylation sites is 1. The molecular formula is C17H15F2NO4. The number of hydrogen-bond donors (Lipinski definition) is 1. The van der Waals surface area contributed by atoms with Gasteiger partial charge in [-0.05, 0) is 29.8 Å². The summed E-state index contributed by atoms with van der Waals surface area (Å²) in [6.45, 7) is -2.89. The van der Waals surface area contributed by atoms with Crippen molar-refractivity contribution in [3.05, 3.63) is 59.7 Å². The van der Waals surface area contributed by atoms with Gasteiger partial charge in [-0.1, -0.05) is 24.3 Å². The number of methoxy groups -OCH3 is 1.